The predicted molar refractivity (Wildman–Crippen MR) is 71.4 cm³/mol. The van der Waals surface area contributed by atoms with Crippen LogP contribution in [0.25, 0.3) is 0 Å². The Hall–Kier alpha value is -1.13. The smallest absolute Gasteiger partial charge is 0.306 e. The van der Waals surface area contributed by atoms with Gasteiger partial charge in [0, 0.05) is 5.41 Å². The van der Waals surface area contributed by atoms with Crippen LogP contribution in [0.1, 0.15) is 27.2 Å². The van der Waals surface area contributed by atoms with Crippen LogP contribution in [0.5, 0.6) is 0 Å². The number of ether oxygens (including phenoxy) is 3. The van der Waals surface area contributed by atoms with E-state index in [1.807, 2.05) is 12.2 Å². The number of carbonyl (C=O) groups is 1. The summed E-state index contributed by atoms with van der Waals surface area (Å²) in [5.74, 6) is -1.27. The van der Waals surface area contributed by atoms with E-state index in [4.69, 9.17) is 14.2 Å². The maximum absolute atomic E-state index is 11.7. The summed E-state index contributed by atoms with van der Waals surface area (Å²) in [6.45, 7) is 11.5. The molecule has 4 heteroatoms. The van der Waals surface area contributed by atoms with E-state index in [0.29, 0.717) is 19.8 Å². The van der Waals surface area contributed by atoms with Crippen LogP contribution in [0.3, 0.4) is 0 Å². The number of carbonyl (C=O) groups excluding carboxylic acids is 1. The maximum atomic E-state index is 11.7. The number of esters is 1. The van der Waals surface area contributed by atoms with Gasteiger partial charge in [-0.2, -0.15) is 0 Å². The van der Waals surface area contributed by atoms with E-state index in [-0.39, 0.29) is 23.7 Å². The minimum absolute atomic E-state index is 0.00249. The molecule has 2 rings (SSSR count). The number of allylic oxidation sites excluding steroid dienone is 1. The highest BCUT2D eigenvalue weighted by atomic mass is 16.7. The highest BCUT2D eigenvalue weighted by Gasteiger charge is 2.49. The summed E-state index contributed by atoms with van der Waals surface area (Å²) >= 11 is 0. The lowest BCUT2D eigenvalue weighted by molar-refractivity contribution is -0.287. The summed E-state index contributed by atoms with van der Waals surface area (Å²) in [7, 11) is 0. The number of hydrogen-bond donors (Lipinski definition) is 0. The zero-order chi connectivity index (χ0) is 14.1. The Morgan fingerprint density at radius 1 is 1.47 bits per heavy atom. The molecule has 1 aliphatic heterocycles. The lowest BCUT2D eigenvalue weighted by Crippen LogP contribution is -2.50. The fourth-order valence-electron chi connectivity index (χ4n) is 2.37. The van der Waals surface area contributed by atoms with Gasteiger partial charge in [0.25, 0.3) is 0 Å². The van der Waals surface area contributed by atoms with Gasteiger partial charge in [-0.25, -0.2) is 0 Å². The zero-order valence-electron chi connectivity index (χ0n) is 11.9. The first kappa shape index (κ1) is 14.3. The van der Waals surface area contributed by atoms with E-state index in [9.17, 15) is 4.79 Å². The molecule has 0 saturated carbocycles. The molecule has 0 aromatic heterocycles. The van der Waals surface area contributed by atoms with Gasteiger partial charge in [0.05, 0.1) is 32.2 Å². The highest BCUT2D eigenvalue weighted by molar-refractivity contribution is 5.71. The van der Waals surface area contributed by atoms with Gasteiger partial charge in [0.2, 0.25) is 0 Å². The third kappa shape index (κ3) is 2.90. The largest absolute Gasteiger partial charge is 0.466 e. The van der Waals surface area contributed by atoms with Gasteiger partial charge in [-0.05, 0) is 18.6 Å². The summed E-state index contributed by atoms with van der Waals surface area (Å²) in [5, 5.41) is 0. The second-order valence-electron chi connectivity index (χ2n) is 5.93. The molecule has 19 heavy (non-hydrogen) atoms. The van der Waals surface area contributed by atoms with Crippen LogP contribution in [0, 0.1) is 11.3 Å². The van der Waals surface area contributed by atoms with Crippen molar-refractivity contribution in [2.24, 2.45) is 11.3 Å². The third-order valence-corrected chi connectivity index (χ3v) is 3.52. The average molecular weight is 266 g/mol. The maximum Gasteiger partial charge on any atom is 0.306 e. The van der Waals surface area contributed by atoms with Gasteiger partial charge < -0.3 is 14.2 Å². The molecule has 1 saturated heterocycles. The lowest BCUT2D eigenvalue weighted by Gasteiger charge is -2.43. The Kier molecular flexibility index (Phi) is 3.83. The second-order valence-corrected chi connectivity index (χ2v) is 5.93. The van der Waals surface area contributed by atoms with Crippen molar-refractivity contribution in [1.82, 2.24) is 0 Å². The molecule has 1 atom stereocenters. The first-order valence-electron chi connectivity index (χ1n) is 6.70. The topological polar surface area (TPSA) is 44.8 Å². The molecule has 1 aliphatic carbocycles. The van der Waals surface area contributed by atoms with Gasteiger partial charge in [-0.1, -0.05) is 26.5 Å². The van der Waals surface area contributed by atoms with Gasteiger partial charge in [0.15, 0.2) is 5.79 Å². The van der Waals surface area contributed by atoms with Crippen molar-refractivity contribution in [3.8, 4) is 0 Å². The number of rotatable bonds is 3. The van der Waals surface area contributed by atoms with E-state index in [1.54, 1.807) is 6.92 Å². The Balaban J connectivity index is 2.09. The van der Waals surface area contributed by atoms with Gasteiger partial charge in [-0.3, -0.25) is 4.79 Å². The van der Waals surface area contributed by atoms with Crippen LogP contribution >= 0.6 is 0 Å². The summed E-state index contributed by atoms with van der Waals surface area (Å²) in [6, 6.07) is 0. The molecule has 1 spiro atoms. The van der Waals surface area contributed by atoms with Gasteiger partial charge >= 0.3 is 5.97 Å². The second kappa shape index (κ2) is 5.10. The molecule has 106 valence electrons. The molecule has 2 aliphatic rings. The molecule has 0 radical (unpaired) electrons. The molecule has 0 aromatic rings. The van der Waals surface area contributed by atoms with Crippen LogP contribution in [0.15, 0.2) is 24.3 Å². The first-order chi connectivity index (χ1) is 8.88. The Labute approximate surface area is 114 Å². The fourth-order valence-corrected chi connectivity index (χ4v) is 2.37. The van der Waals surface area contributed by atoms with Crippen molar-refractivity contribution in [1.29, 1.82) is 0 Å². The first-order valence-corrected chi connectivity index (χ1v) is 6.70. The van der Waals surface area contributed by atoms with Crippen molar-refractivity contribution >= 4 is 5.97 Å². The minimum Gasteiger partial charge on any atom is -0.466 e. The molecule has 0 bridgehead atoms. The molecule has 1 fully saturated rings. The Bertz CT molecular complexity index is 398. The molecular weight excluding hydrogens is 244 g/mol. The normalized spacial score (nSPS) is 27.7. The van der Waals surface area contributed by atoms with Crippen molar-refractivity contribution < 1.29 is 19.0 Å². The van der Waals surface area contributed by atoms with Crippen molar-refractivity contribution in [3.05, 3.63) is 24.3 Å². The summed E-state index contributed by atoms with van der Waals surface area (Å²) in [4.78, 5) is 11.7. The molecular formula is C15H22O4. The van der Waals surface area contributed by atoms with Crippen LogP contribution in [0.4, 0.5) is 0 Å². The SMILES string of the molecule is C=C1C=CC2(OCC(C)(C)CO2)C1CC(=O)OCC. The van der Waals surface area contributed by atoms with Gasteiger partial charge in [-0.15, -0.1) is 0 Å². The van der Waals surface area contributed by atoms with Crippen LogP contribution < -0.4 is 0 Å². The zero-order valence-corrected chi connectivity index (χ0v) is 11.9. The van der Waals surface area contributed by atoms with E-state index in [1.165, 1.54) is 0 Å². The highest BCUT2D eigenvalue weighted by Crippen LogP contribution is 2.44. The summed E-state index contributed by atoms with van der Waals surface area (Å²) in [6.07, 6.45) is 3.98. The molecule has 0 amide bonds. The van der Waals surface area contributed by atoms with E-state index >= 15 is 0 Å². The molecule has 0 aromatic carbocycles. The van der Waals surface area contributed by atoms with Crippen LogP contribution in [0.2, 0.25) is 0 Å². The molecule has 1 unspecified atom stereocenters. The van der Waals surface area contributed by atoms with Crippen LogP contribution in [-0.2, 0) is 19.0 Å². The summed E-state index contributed by atoms with van der Waals surface area (Å²) < 4.78 is 16.9. The monoisotopic (exact) mass is 266 g/mol. The van der Waals surface area contributed by atoms with Crippen LogP contribution in [-0.4, -0.2) is 31.6 Å². The van der Waals surface area contributed by atoms with Crippen molar-refractivity contribution in [2.75, 3.05) is 19.8 Å². The van der Waals surface area contributed by atoms with E-state index < -0.39 is 5.79 Å². The van der Waals surface area contributed by atoms with Crippen molar-refractivity contribution in [2.45, 2.75) is 33.0 Å². The third-order valence-electron chi connectivity index (χ3n) is 3.52. The molecule has 0 N–H and O–H groups in total. The standard InChI is InChI=1S/C15H22O4/c1-5-17-13(16)8-12-11(2)6-7-15(12)18-9-14(3,4)10-19-15/h6-7,12H,2,5,8-10H2,1,3-4H3. The van der Waals surface area contributed by atoms with E-state index in [0.717, 1.165) is 5.57 Å². The Morgan fingerprint density at radius 3 is 2.68 bits per heavy atom. The molecule has 4 nitrogen and oxygen atoms in total. The fraction of sp³-hybridized carbons (Fsp3) is 0.667. The molecule has 1 heterocycles. The van der Waals surface area contributed by atoms with Gasteiger partial charge in [0.1, 0.15) is 0 Å². The lowest BCUT2D eigenvalue weighted by atomic mass is 9.90. The van der Waals surface area contributed by atoms with Crippen molar-refractivity contribution in [3.63, 3.8) is 0 Å². The summed E-state index contributed by atoms with van der Waals surface area (Å²) in [5.41, 5.74) is 0.852. The number of hydrogen-bond acceptors (Lipinski definition) is 4. The Morgan fingerprint density at radius 2 is 2.11 bits per heavy atom. The quantitative estimate of drug-likeness (QED) is 0.736. The minimum atomic E-state index is -0.834. The average Bonchev–Trinajstić information content (AvgIpc) is 2.63. The predicted octanol–water partition coefficient (Wildman–Crippen LogP) is 2.45. The van der Waals surface area contributed by atoms with E-state index in [2.05, 4.69) is 20.4 Å².